The molecule has 0 amide bonds. The normalized spacial score (nSPS) is 14.9. The highest BCUT2D eigenvalue weighted by Gasteiger charge is 2.22. The van der Waals surface area contributed by atoms with E-state index < -0.39 is 0 Å². The largest absolute Gasteiger partial charge is 0.486 e. The molecule has 1 heterocycles. The third-order valence-electron chi connectivity index (χ3n) is 3.19. The number of hydrogen-bond acceptors (Lipinski definition) is 2. The molecular formula is C15H10BrCl3O2. The van der Waals surface area contributed by atoms with Crippen LogP contribution in [0.3, 0.4) is 0 Å². The van der Waals surface area contributed by atoms with E-state index in [1.54, 1.807) is 12.1 Å². The fraction of sp³-hybridized carbons (Fsp3) is 0.200. The summed E-state index contributed by atoms with van der Waals surface area (Å²) in [5.74, 6) is 1.34. The molecule has 0 spiro atoms. The maximum absolute atomic E-state index is 6.36. The Labute approximate surface area is 146 Å². The maximum Gasteiger partial charge on any atom is 0.162 e. The number of hydrogen-bond donors (Lipinski definition) is 0. The Balaban J connectivity index is 2.05. The summed E-state index contributed by atoms with van der Waals surface area (Å²) in [4.78, 5) is -0.188. The summed E-state index contributed by atoms with van der Waals surface area (Å²) in [5.41, 5.74) is 1.70. The first-order valence-corrected chi connectivity index (χ1v) is 8.30. The van der Waals surface area contributed by atoms with Gasteiger partial charge in [-0.2, -0.15) is 0 Å². The van der Waals surface area contributed by atoms with Crippen molar-refractivity contribution < 1.29 is 9.47 Å². The Bertz CT molecular complexity index is 691. The van der Waals surface area contributed by atoms with Crippen LogP contribution in [0.2, 0.25) is 15.1 Å². The summed E-state index contributed by atoms with van der Waals surface area (Å²) in [6.45, 7) is 1.06. The van der Waals surface area contributed by atoms with E-state index in [9.17, 15) is 0 Å². The van der Waals surface area contributed by atoms with Crippen LogP contribution in [0, 0.1) is 0 Å². The van der Waals surface area contributed by atoms with Crippen molar-refractivity contribution in [1.29, 1.82) is 0 Å². The van der Waals surface area contributed by atoms with Gasteiger partial charge in [-0.1, -0.05) is 62.9 Å². The molecule has 1 aliphatic rings. The standard InChI is InChI=1S/C15H10BrCl3O2/c16-14(8-2-1-3-10(17)15(8)19)9-6-12-13(7-11(9)18)21-5-4-20-12/h1-3,6-7,14H,4-5H2. The van der Waals surface area contributed by atoms with E-state index in [2.05, 4.69) is 15.9 Å². The Morgan fingerprint density at radius 1 is 0.905 bits per heavy atom. The molecule has 21 heavy (non-hydrogen) atoms. The minimum absolute atomic E-state index is 0.188. The lowest BCUT2D eigenvalue weighted by Gasteiger charge is -2.22. The Morgan fingerprint density at radius 2 is 1.57 bits per heavy atom. The van der Waals surface area contributed by atoms with Crippen molar-refractivity contribution in [2.75, 3.05) is 13.2 Å². The number of fused-ring (bicyclic) bond motifs is 1. The van der Waals surface area contributed by atoms with Gasteiger partial charge < -0.3 is 9.47 Å². The molecular weight excluding hydrogens is 398 g/mol. The highest BCUT2D eigenvalue weighted by Crippen LogP contribution is 2.44. The van der Waals surface area contributed by atoms with Gasteiger partial charge in [0, 0.05) is 11.1 Å². The van der Waals surface area contributed by atoms with Gasteiger partial charge in [-0.25, -0.2) is 0 Å². The lowest BCUT2D eigenvalue weighted by atomic mass is 10.0. The minimum Gasteiger partial charge on any atom is -0.486 e. The van der Waals surface area contributed by atoms with Gasteiger partial charge in [0.2, 0.25) is 0 Å². The molecule has 1 atom stereocenters. The van der Waals surface area contributed by atoms with Crippen molar-refractivity contribution in [3.05, 3.63) is 56.5 Å². The molecule has 0 radical (unpaired) electrons. The third-order valence-corrected chi connectivity index (χ3v) is 5.34. The molecule has 0 aromatic heterocycles. The van der Waals surface area contributed by atoms with Crippen LogP contribution in [-0.4, -0.2) is 13.2 Å². The molecule has 0 saturated carbocycles. The van der Waals surface area contributed by atoms with Gasteiger partial charge in [-0.05, 0) is 23.3 Å². The molecule has 2 nitrogen and oxygen atoms in total. The molecule has 0 N–H and O–H groups in total. The first kappa shape index (κ1) is 15.3. The molecule has 1 unspecified atom stereocenters. The van der Waals surface area contributed by atoms with Crippen LogP contribution in [0.5, 0.6) is 11.5 Å². The zero-order chi connectivity index (χ0) is 15.0. The first-order chi connectivity index (χ1) is 10.1. The Hall–Kier alpha value is -0.610. The predicted molar refractivity (Wildman–Crippen MR) is 89.7 cm³/mol. The Kier molecular flexibility index (Phi) is 4.55. The second-order valence-corrected chi connectivity index (χ2v) is 6.63. The second kappa shape index (κ2) is 6.25. The molecule has 0 aliphatic carbocycles. The van der Waals surface area contributed by atoms with E-state index in [4.69, 9.17) is 44.3 Å². The SMILES string of the molecule is Clc1cc2c(cc1C(Br)c1cccc(Cl)c1Cl)OCCO2. The molecule has 1 aliphatic heterocycles. The molecule has 110 valence electrons. The average Bonchev–Trinajstić information content (AvgIpc) is 2.48. The van der Waals surface area contributed by atoms with Crippen LogP contribution in [0.1, 0.15) is 16.0 Å². The quantitative estimate of drug-likeness (QED) is 0.576. The number of ether oxygens (including phenoxy) is 2. The van der Waals surface area contributed by atoms with Crippen LogP contribution in [0.15, 0.2) is 30.3 Å². The molecule has 2 aromatic carbocycles. The van der Waals surface area contributed by atoms with Crippen LogP contribution in [-0.2, 0) is 0 Å². The number of rotatable bonds is 2. The van der Waals surface area contributed by atoms with Crippen LogP contribution >= 0.6 is 50.7 Å². The molecule has 0 bridgehead atoms. The van der Waals surface area contributed by atoms with Crippen molar-refractivity contribution in [2.45, 2.75) is 4.83 Å². The highest BCUT2D eigenvalue weighted by molar-refractivity contribution is 9.09. The minimum atomic E-state index is -0.188. The van der Waals surface area contributed by atoms with E-state index in [-0.39, 0.29) is 4.83 Å². The fourth-order valence-corrected chi connectivity index (χ4v) is 3.86. The van der Waals surface area contributed by atoms with Crippen LogP contribution in [0.25, 0.3) is 0 Å². The lowest BCUT2D eigenvalue weighted by molar-refractivity contribution is 0.171. The third kappa shape index (κ3) is 2.98. The van der Waals surface area contributed by atoms with E-state index >= 15 is 0 Å². The summed E-state index contributed by atoms with van der Waals surface area (Å²) >= 11 is 22.3. The predicted octanol–water partition coefficient (Wildman–Crippen LogP) is 5.90. The molecule has 2 aromatic rings. The molecule has 0 saturated heterocycles. The van der Waals surface area contributed by atoms with Gasteiger partial charge in [-0.3, -0.25) is 0 Å². The fourth-order valence-electron chi connectivity index (χ4n) is 2.16. The summed E-state index contributed by atoms with van der Waals surface area (Å²) in [6, 6.07) is 9.13. The van der Waals surface area contributed by atoms with Gasteiger partial charge in [0.05, 0.1) is 14.9 Å². The second-order valence-electron chi connectivity index (χ2n) is 4.52. The van der Waals surface area contributed by atoms with E-state index in [0.717, 1.165) is 11.1 Å². The number of halogens is 4. The molecule has 6 heteroatoms. The zero-order valence-electron chi connectivity index (χ0n) is 10.7. The monoisotopic (exact) mass is 406 g/mol. The van der Waals surface area contributed by atoms with Gasteiger partial charge in [0.15, 0.2) is 11.5 Å². The molecule has 3 rings (SSSR count). The zero-order valence-corrected chi connectivity index (χ0v) is 14.6. The molecule has 0 fully saturated rings. The van der Waals surface area contributed by atoms with E-state index in [1.165, 1.54) is 0 Å². The topological polar surface area (TPSA) is 18.5 Å². The van der Waals surface area contributed by atoms with Crippen molar-refractivity contribution in [2.24, 2.45) is 0 Å². The first-order valence-electron chi connectivity index (χ1n) is 6.25. The Morgan fingerprint density at radius 3 is 2.29 bits per heavy atom. The summed E-state index contributed by atoms with van der Waals surface area (Å²) in [6.07, 6.45) is 0. The van der Waals surface area contributed by atoms with E-state index in [1.807, 2.05) is 18.2 Å². The van der Waals surface area contributed by atoms with Crippen molar-refractivity contribution in [3.8, 4) is 11.5 Å². The van der Waals surface area contributed by atoms with Crippen molar-refractivity contribution >= 4 is 50.7 Å². The summed E-state index contributed by atoms with van der Waals surface area (Å²) < 4.78 is 11.1. The number of alkyl halides is 1. The van der Waals surface area contributed by atoms with Gasteiger partial charge in [0.25, 0.3) is 0 Å². The van der Waals surface area contributed by atoms with Crippen molar-refractivity contribution in [1.82, 2.24) is 0 Å². The average molecular weight is 409 g/mol. The lowest BCUT2D eigenvalue weighted by Crippen LogP contribution is -2.15. The van der Waals surface area contributed by atoms with E-state index in [0.29, 0.717) is 39.8 Å². The van der Waals surface area contributed by atoms with Gasteiger partial charge in [-0.15, -0.1) is 0 Å². The van der Waals surface area contributed by atoms with Gasteiger partial charge in [0.1, 0.15) is 13.2 Å². The van der Waals surface area contributed by atoms with Crippen LogP contribution < -0.4 is 9.47 Å². The highest BCUT2D eigenvalue weighted by atomic mass is 79.9. The summed E-state index contributed by atoms with van der Waals surface area (Å²) in [7, 11) is 0. The number of benzene rings is 2. The van der Waals surface area contributed by atoms with Crippen LogP contribution in [0.4, 0.5) is 0 Å². The van der Waals surface area contributed by atoms with Crippen molar-refractivity contribution in [3.63, 3.8) is 0 Å². The maximum atomic E-state index is 6.36. The smallest absolute Gasteiger partial charge is 0.162 e. The van der Waals surface area contributed by atoms with Gasteiger partial charge >= 0.3 is 0 Å². The summed E-state index contributed by atoms with van der Waals surface area (Å²) in [5, 5.41) is 1.59.